The van der Waals surface area contributed by atoms with Gasteiger partial charge in [-0.2, -0.15) is 0 Å². The molecule has 1 atom stereocenters. The summed E-state index contributed by atoms with van der Waals surface area (Å²) < 4.78 is 6.70. The van der Waals surface area contributed by atoms with Gasteiger partial charge in [0.2, 0.25) is 0 Å². The first-order chi connectivity index (χ1) is 6.72. The zero-order valence-corrected chi connectivity index (χ0v) is 9.03. The smallest absolute Gasteiger partial charge is 0.0964 e. The molecule has 0 aromatic carbocycles. The number of aromatic nitrogens is 3. The molecule has 0 aliphatic rings. The van der Waals surface area contributed by atoms with Gasteiger partial charge in [-0.05, 0) is 13.3 Å². The molecule has 14 heavy (non-hydrogen) atoms. The number of ether oxygens (including phenoxy) is 1. The molecule has 1 rings (SSSR count). The maximum absolute atomic E-state index is 5.00. The topological polar surface area (TPSA) is 52.0 Å². The van der Waals surface area contributed by atoms with Gasteiger partial charge in [-0.3, -0.25) is 4.68 Å². The highest BCUT2D eigenvalue weighted by atomic mass is 16.5. The largest absolute Gasteiger partial charge is 0.385 e. The van der Waals surface area contributed by atoms with E-state index in [9.17, 15) is 0 Å². The van der Waals surface area contributed by atoms with Gasteiger partial charge in [0.25, 0.3) is 0 Å². The lowest BCUT2D eigenvalue weighted by molar-refractivity contribution is 0.184. The van der Waals surface area contributed by atoms with Crippen molar-refractivity contribution in [2.75, 3.05) is 13.7 Å². The molecule has 0 amide bonds. The second-order valence-corrected chi connectivity index (χ2v) is 3.45. The molecule has 0 saturated carbocycles. The van der Waals surface area contributed by atoms with E-state index in [2.05, 4.69) is 22.6 Å². The monoisotopic (exact) mass is 198 g/mol. The van der Waals surface area contributed by atoms with Crippen LogP contribution < -0.4 is 5.32 Å². The van der Waals surface area contributed by atoms with Crippen LogP contribution in [-0.4, -0.2) is 34.8 Å². The molecule has 1 aromatic heterocycles. The quantitative estimate of drug-likeness (QED) is 0.715. The van der Waals surface area contributed by atoms with Gasteiger partial charge in [0, 0.05) is 39.5 Å². The number of rotatable bonds is 6. The molecule has 0 spiro atoms. The van der Waals surface area contributed by atoms with E-state index >= 15 is 0 Å². The summed E-state index contributed by atoms with van der Waals surface area (Å²) in [6.07, 6.45) is 2.92. The molecule has 1 heterocycles. The third-order valence-corrected chi connectivity index (χ3v) is 2.04. The zero-order valence-electron chi connectivity index (χ0n) is 9.03. The first kappa shape index (κ1) is 11.1. The first-order valence-corrected chi connectivity index (χ1v) is 4.80. The molecule has 1 unspecified atom stereocenters. The van der Waals surface area contributed by atoms with Crippen molar-refractivity contribution in [1.82, 2.24) is 20.3 Å². The van der Waals surface area contributed by atoms with Crippen LogP contribution in [0, 0.1) is 0 Å². The Bertz CT molecular complexity index is 261. The summed E-state index contributed by atoms with van der Waals surface area (Å²) in [5.41, 5.74) is 0.969. The highest BCUT2D eigenvalue weighted by molar-refractivity contribution is 4.91. The van der Waals surface area contributed by atoms with Crippen LogP contribution in [0.15, 0.2) is 6.20 Å². The highest BCUT2D eigenvalue weighted by Crippen LogP contribution is 1.95. The van der Waals surface area contributed by atoms with Gasteiger partial charge in [0.1, 0.15) is 0 Å². The lowest BCUT2D eigenvalue weighted by Crippen LogP contribution is -2.26. The molecule has 0 aliphatic carbocycles. The van der Waals surface area contributed by atoms with Gasteiger partial charge >= 0.3 is 0 Å². The van der Waals surface area contributed by atoms with Crippen LogP contribution in [0.3, 0.4) is 0 Å². The van der Waals surface area contributed by atoms with Gasteiger partial charge in [-0.25, -0.2) is 0 Å². The fourth-order valence-electron chi connectivity index (χ4n) is 1.15. The van der Waals surface area contributed by atoms with Gasteiger partial charge in [0.15, 0.2) is 0 Å². The van der Waals surface area contributed by atoms with E-state index in [1.54, 1.807) is 11.8 Å². The van der Waals surface area contributed by atoms with Crippen LogP contribution in [0.25, 0.3) is 0 Å². The van der Waals surface area contributed by atoms with Crippen molar-refractivity contribution in [3.63, 3.8) is 0 Å². The third kappa shape index (κ3) is 3.85. The molecule has 1 N–H and O–H groups in total. The van der Waals surface area contributed by atoms with Gasteiger partial charge in [0.05, 0.1) is 5.69 Å². The highest BCUT2D eigenvalue weighted by Gasteiger charge is 2.02. The minimum atomic E-state index is 0.442. The second-order valence-electron chi connectivity index (χ2n) is 3.45. The average molecular weight is 198 g/mol. The molecule has 0 bridgehead atoms. The van der Waals surface area contributed by atoms with Crippen molar-refractivity contribution in [2.24, 2.45) is 7.05 Å². The summed E-state index contributed by atoms with van der Waals surface area (Å²) in [4.78, 5) is 0. The number of nitrogens with one attached hydrogen (secondary N) is 1. The summed E-state index contributed by atoms with van der Waals surface area (Å²) in [7, 11) is 3.58. The molecule has 1 aromatic rings. The normalized spacial score (nSPS) is 13.1. The first-order valence-electron chi connectivity index (χ1n) is 4.80. The van der Waals surface area contributed by atoms with E-state index in [-0.39, 0.29) is 0 Å². The fourth-order valence-corrected chi connectivity index (χ4v) is 1.15. The van der Waals surface area contributed by atoms with Crippen molar-refractivity contribution in [3.05, 3.63) is 11.9 Å². The van der Waals surface area contributed by atoms with E-state index < -0.39 is 0 Å². The summed E-state index contributed by atoms with van der Waals surface area (Å²) in [6, 6.07) is 0.442. The summed E-state index contributed by atoms with van der Waals surface area (Å²) in [6.45, 7) is 3.68. The maximum Gasteiger partial charge on any atom is 0.0964 e. The van der Waals surface area contributed by atoms with Crippen LogP contribution in [0.1, 0.15) is 19.0 Å². The molecular formula is C9H18N4O. The minimum absolute atomic E-state index is 0.442. The molecule has 0 fully saturated rings. The van der Waals surface area contributed by atoms with E-state index in [4.69, 9.17) is 4.74 Å². The van der Waals surface area contributed by atoms with Gasteiger partial charge in [-0.15, -0.1) is 5.10 Å². The Morgan fingerprint density at radius 2 is 2.43 bits per heavy atom. The summed E-state index contributed by atoms with van der Waals surface area (Å²) in [5.74, 6) is 0. The standard InChI is InChI=1S/C9H18N4O/c1-8(4-5-14-3)10-6-9-7-13(2)12-11-9/h7-8,10H,4-6H2,1-3H3. The van der Waals surface area contributed by atoms with E-state index in [1.165, 1.54) is 0 Å². The molecule has 5 heteroatoms. The average Bonchev–Trinajstić information content (AvgIpc) is 2.58. The Morgan fingerprint density at radius 1 is 1.64 bits per heavy atom. The Balaban J connectivity index is 2.20. The number of hydrogen-bond acceptors (Lipinski definition) is 4. The Hall–Kier alpha value is -0.940. The molecule has 0 aliphatic heterocycles. The summed E-state index contributed by atoms with van der Waals surface area (Å²) in [5, 5.41) is 11.2. The predicted octanol–water partition coefficient (Wildman–Crippen LogP) is 0.330. The van der Waals surface area contributed by atoms with Crippen LogP contribution in [-0.2, 0) is 18.3 Å². The Labute approximate surface area is 84.4 Å². The SMILES string of the molecule is COCCC(C)NCc1cn(C)nn1. The number of hydrogen-bond donors (Lipinski definition) is 1. The van der Waals surface area contributed by atoms with Crippen molar-refractivity contribution < 1.29 is 4.74 Å². The molecule has 0 saturated heterocycles. The van der Waals surface area contributed by atoms with E-state index in [0.29, 0.717) is 6.04 Å². The lowest BCUT2D eigenvalue weighted by Gasteiger charge is -2.11. The third-order valence-electron chi connectivity index (χ3n) is 2.04. The number of aryl methyl sites for hydroxylation is 1. The van der Waals surface area contributed by atoms with Crippen LogP contribution in [0.4, 0.5) is 0 Å². The Morgan fingerprint density at radius 3 is 3.00 bits per heavy atom. The van der Waals surface area contributed by atoms with Crippen molar-refractivity contribution in [1.29, 1.82) is 0 Å². The molecular weight excluding hydrogens is 180 g/mol. The molecule has 5 nitrogen and oxygen atoms in total. The lowest BCUT2D eigenvalue weighted by atomic mass is 10.2. The Kier molecular flexibility index (Phi) is 4.55. The maximum atomic E-state index is 5.00. The van der Waals surface area contributed by atoms with Crippen molar-refractivity contribution in [3.8, 4) is 0 Å². The molecule has 80 valence electrons. The zero-order chi connectivity index (χ0) is 10.4. The number of nitrogens with zero attached hydrogens (tertiary/aromatic N) is 3. The van der Waals surface area contributed by atoms with Crippen molar-refractivity contribution >= 4 is 0 Å². The predicted molar refractivity (Wildman–Crippen MR) is 53.8 cm³/mol. The van der Waals surface area contributed by atoms with Crippen molar-refractivity contribution in [2.45, 2.75) is 25.9 Å². The van der Waals surface area contributed by atoms with Crippen LogP contribution in [0.5, 0.6) is 0 Å². The minimum Gasteiger partial charge on any atom is -0.385 e. The van der Waals surface area contributed by atoms with Crippen LogP contribution in [0.2, 0.25) is 0 Å². The van der Waals surface area contributed by atoms with E-state index in [1.807, 2.05) is 13.2 Å². The second kappa shape index (κ2) is 5.72. The van der Waals surface area contributed by atoms with Crippen LogP contribution >= 0.6 is 0 Å². The van der Waals surface area contributed by atoms with E-state index in [0.717, 1.165) is 25.3 Å². The van der Waals surface area contributed by atoms with Gasteiger partial charge < -0.3 is 10.1 Å². The fraction of sp³-hybridized carbons (Fsp3) is 0.778. The van der Waals surface area contributed by atoms with Gasteiger partial charge in [-0.1, -0.05) is 5.21 Å². The number of methoxy groups -OCH3 is 1. The summed E-state index contributed by atoms with van der Waals surface area (Å²) >= 11 is 0. The molecule has 0 radical (unpaired) electrons.